The molecule has 1 aliphatic carbocycles. The van der Waals surface area contributed by atoms with Crippen molar-refractivity contribution in [3.05, 3.63) is 24.3 Å². The van der Waals surface area contributed by atoms with E-state index in [1.807, 2.05) is 0 Å². The smallest absolute Gasteiger partial charge is 0.240 e. The molecule has 1 aromatic rings. The molecule has 2 atom stereocenters. The number of rotatable bonds is 5. The standard InChI is InChI=1S/C14H22N2O3S/c1-19-12-6-4-7-13(9-12)20(17,18)16-14-8-3-2-5-11(14)10-15/h4,6-7,9,11,14,16H,2-3,5,8,10,15H2,1H3. The van der Waals surface area contributed by atoms with Crippen molar-refractivity contribution in [2.75, 3.05) is 13.7 Å². The van der Waals surface area contributed by atoms with Gasteiger partial charge in [0, 0.05) is 12.1 Å². The Morgan fingerprint density at radius 1 is 1.35 bits per heavy atom. The summed E-state index contributed by atoms with van der Waals surface area (Å²) in [6, 6.07) is 6.44. The molecule has 20 heavy (non-hydrogen) atoms. The highest BCUT2D eigenvalue weighted by molar-refractivity contribution is 7.89. The minimum absolute atomic E-state index is 0.0649. The lowest BCUT2D eigenvalue weighted by Gasteiger charge is -2.31. The van der Waals surface area contributed by atoms with Gasteiger partial charge in [-0.1, -0.05) is 18.9 Å². The summed E-state index contributed by atoms with van der Waals surface area (Å²) < 4.78 is 32.7. The van der Waals surface area contributed by atoms with Gasteiger partial charge >= 0.3 is 0 Å². The number of ether oxygens (including phenoxy) is 1. The molecule has 2 unspecified atom stereocenters. The Morgan fingerprint density at radius 2 is 2.10 bits per heavy atom. The van der Waals surface area contributed by atoms with Crippen LogP contribution in [0.25, 0.3) is 0 Å². The first-order valence-corrected chi connectivity index (χ1v) is 8.41. The molecule has 0 aromatic heterocycles. The van der Waals surface area contributed by atoms with Crippen molar-refractivity contribution in [3.63, 3.8) is 0 Å². The zero-order valence-electron chi connectivity index (χ0n) is 11.7. The Morgan fingerprint density at radius 3 is 2.80 bits per heavy atom. The molecule has 5 nitrogen and oxygen atoms in total. The van der Waals surface area contributed by atoms with Crippen LogP contribution in [0.2, 0.25) is 0 Å². The van der Waals surface area contributed by atoms with Gasteiger partial charge in [-0.3, -0.25) is 0 Å². The summed E-state index contributed by atoms with van der Waals surface area (Å²) in [5.74, 6) is 0.760. The number of hydrogen-bond acceptors (Lipinski definition) is 4. The first-order valence-electron chi connectivity index (χ1n) is 6.93. The first kappa shape index (κ1) is 15.3. The maximum atomic E-state index is 12.4. The fourth-order valence-electron chi connectivity index (χ4n) is 2.68. The van der Waals surface area contributed by atoms with Crippen molar-refractivity contribution >= 4 is 10.0 Å². The van der Waals surface area contributed by atoms with Crippen LogP contribution in [0.5, 0.6) is 5.75 Å². The van der Waals surface area contributed by atoms with Crippen molar-refractivity contribution in [2.24, 2.45) is 11.7 Å². The summed E-state index contributed by atoms with van der Waals surface area (Å²) in [7, 11) is -2.00. The van der Waals surface area contributed by atoms with Crippen LogP contribution in [-0.4, -0.2) is 28.1 Å². The lowest BCUT2D eigenvalue weighted by atomic mass is 9.85. The molecular weight excluding hydrogens is 276 g/mol. The van der Waals surface area contributed by atoms with Gasteiger partial charge in [-0.15, -0.1) is 0 Å². The van der Waals surface area contributed by atoms with Crippen LogP contribution in [0.4, 0.5) is 0 Å². The van der Waals surface area contributed by atoms with Crippen molar-refractivity contribution in [1.29, 1.82) is 0 Å². The normalized spacial score (nSPS) is 23.5. The van der Waals surface area contributed by atoms with Crippen molar-refractivity contribution in [1.82, 2.24) is 4.72 Å². The summed E-state index contributed by atoms with van der Waals surface area (Å²) in [6.07, 6.45) is 4.01. The van der Waals surface area contributed by atoms with E-state index >= 15 is 0 Å². The molecule has 1 fully saturated rings. The number of methoxy groups -OCH3 is 1. The topological polar surface area (TPSA) is 81.4 Å². The number of benzene rings is 1. The van der Waals surface area contributed by atoms with E-state index in [2.05, 4.69) is 4.72 Å². The van der Waals surface area contributed by atoms with Crippen molar-refractivity contribution in [2.45, 2.75) is 36.6 Å². The average molecular weight is 298 g/mol. The number of nitrogens with two attached hydrogens (primary N) is 1. The SMILES string of the molecule is COc1cccc(S(=O)(=O)NC2CCCCC2CN)c1. The molecule has 0 amide bonds. The summed E-state index contributed by atoms with van der Waals surface area (Å²) in [5.41, 5.74) is 5.74. The molecule has 6 heteroatoms. The molecule has 1 saturated carbocycles. The van der Waals surface area contributed by atoms with Gasteiger partial charge in [-0.05, 0) is 37.4 Å². The predicted molar refractivity (Wildman–Crippen MR) is 78.1 cm³/mol. The van der Waals surface area contributed by atoms with E-state index in [0.29, 0.717) is 12.3 Å². The fraction of sp³-hybridized carbons (Fsp3) is 0.571. The van der Waals surface area contributed by atoms with Gasteiger partial charge < -0.3 is 10.5 Å². The average Bonchev–Trinajstić information content (AvgIpc) is 2.47. The minimum Gasteiger partial charge on any atom is -0.497 e. The van der Waals surface area contributed by atoms with Gasteiger partial charge in [0.15, 0.2) is 0 Å². The molecule has 0 bridgehead atoms. The summed E-state index contributed by atoms with van der Waals surface area (Å²) in [6.45, 7) is 0.519. The second kappa shape index (κ2) is 6.56. The Kier molecular flexibility index (Phi) is 5.01. The summed E-state index contributed by atoms with van der Waals surface area (Å²) >= 11 is 0. The van der Waals surface area contributed by atoms with Gasteiger partial charge in [0.2, 0.25) is 10.0 Å². The van der Waals surface area contributed by atoms with Gasteiger partial charge in [-0.25, -0.2) is 13.1 Å². The monoisotopic (exact) mass is 298 g/mol. The predicted octanol–water partition coefficient (Wildman–Crippen LogP) is 1.49. The lowest BCUT2D eigenvalue weighted by Crippen LogP contribution is -2.44. The number of sulfonamides is 1. The Balaban J connectivity index is 2.17. The van der Waals surface area contributed by atoms with Crippen LogP contribution in [0, 0.1) is 5.92 Å². The second-order valence-electron chi connectivity index (χ2n) is 5.19. The molecule has 2 rings (SSSR count). The van der Waals surface area contributed by atoms with E-state index in [9.17, 15) is 8.42 Å². The molecule has 1 aromatic carbocycles. The largest absolute Gasteiger partial charge is 0.497 e. The van der Waals surface area contributed by atoms with Crippen LogP contribution in [0.15, 0.2) is 29.2 Å². The zero-order valence-corrected chi connectivity index (χ0v) is 12.5. The highest BCUT2D eigenvalue weighted by Crippen LogP contribution is 2.25. The third-order valence-corrected chi connectivity index (χ3v) is 5.36. The molecule has 112 valence electrons. The molecule has 0 heterocycles. The Hall–Kier alpha value is -1.11. The first-order chi connectivity index (χ1) is 9.56. The third-order valence-electron chi connectivity index (χ3n) is 3.87. The highest BCUT2D eigenvalue weighted by Gasteiger charge is 2.28. The van der Waals surface area contributed by atoms with Crippen molar-refractivity contribution in [3.8, 4) is 5.75 Å². The fourth-order valence-corrected chi connectivity index (χ4v) is 4.05. The van der Waals surface area contributed by atoms with E-state index in [-0.39, 0.29) is 16.9 Å². The van der Waals surface area contributed by atoms with E-state index in [4.69, 9.17) is 10.5 Å². The van der Waals surface area contributed by atoms with Crippen LogP contribution in [0.1, 0.15) is 25.7 Å². The molecule has 0 aliphatic heterocycles. The van der Waals surface area contributed by atoms with E-state index < -0.39 is 10.0 Å². The van der Waals surface area contributed by atoms with Gasteiger partial charge in [0.1, 0.15) is 5.75 Å². The molecule has 0 spiro atoms. The third kappa shape index (κ3) is 3.50. The minimum atomic E-state index is -3.52. The molecule has 3 N–H and O–H groups in total. The maximum Gasteiger partial charge on any atom is 0.240 e. The lowest BCUT2D eigenvalue weighted by molar-refractivity contribution is 0.296. The quantitative estimate of drug-likeness (QED) is 0.863. The van der Waals surface area contributed by atoms with Crippen molar-refractivity contribution < 1.29 is 13.2 Å². The van der Waals surface area contributed by atoms with E-state index in [1.54, 1.807) is 18.2 Å². The highest BCUT2D eigenvalue weighted by atomic mass is 32.2. The molecular formula is C14H22N2O3S. The maximum absolute atomic E-state index is 12.4. The molecule has 1 aliphatic rings. The Bertz CT molecular complexity index is 545. The Labute approximate surface area is 120 Å². The number of nitrogens with one attached hydrogen (secondary N) is 1. The van der Waals surface area contributed by atoms with Gasteiger partial charge in [-0.2, -0.15) is 0 Å². The molecule has 0 radical (unpaired) electrons. The van der Waals surface area contributed by atoms with Crippen LogP contribution < -0.4 is 15.2 Å². The van der Waals surface area contributed by atoms with E-state index in [0.717, 1.165) is 25.7 Å². The zero-order chi connectivity index (χ0) is 14.6. The van der Waals surface area contributed by atoms with E-state index in [1.165, 1.54) is 13.2 Å². The molecule has 0 saturated heterocycles. The summed E-state index contributed by atoms with van der Waals surface area (Å²) in [4.78, 5) is 0.234. The van der Waals surface area contributed by atoms with Crippen LogP contribution in [-0.2, 0) is 10.0 Å². The van der Waals surface area contributed by atoms with Gasteiger partial charge in [0.05, 0.1) is 12.0 Å². The summed E-state index contributed by atoms with van der Waals surface area (Å²) in [5, 5.41) is 0. The number of hydrogen-bond donors (Lipinski definition) is 2. The second-order valence-corrected chi connectivity index (χ2v) is 6.90. The van der Waals surface area contributed by atoms with Crippen LogP contribution >= 0.6 is 0 Å². The van der Waals surface area contributed by atoms with Crippen LogP contribution in [0.3, 0.4) is 0 Å². The van der Waals surface area contributed by atoms with Gasteiger partial charge in [0.25, 0.3) is 0 Å².